The molecule has 8 heteroatoms. The van der Waals surface area contributed by atoms with Crippen LogP contribution in [0.2, 0.25) is 5.02 Å². The summed E-state index contributed by atoms with van der Waals surface area (Å²) in [7, 11) is 0. The second kappa shape index (κ2) is 10.3. The Bertz CT molecular complexity index is 658. The number of benzene rings is 1. The Morgan fingerprint density at radius 3 is 2.89 bits per heavy atom. The monoisotopic (exact) mass is 414 g/mol. The van der Waals surface area contributed by atoms with Crippen molar-refractivity contribution in [1.82, 2.24) is 20.4 Å². The molecule has 2 unspecified atom stereocenters. The van der Waals surface area contributed by atoms with Gasteiger partial charge in [-0.1, -0.05) is 23.7 Å². The molecule has 27 heavy (non-hydrogen) atoms. The Labute approximate surface area is 172 Å². The van der Waals surface area contributed by atoms with Gasteiger partial charge in [-0.3, -0.25) is 14.5 Å². The molecule has 2 saturated heterocycles. The number of piperidine rings is 1. The molecule has 2 amide bonds. The maximum absolute atomic E-state index is 12.9. The van der Waals surface area contributed by atoms with Gasteiger partial charge in [0.25, 0.3) is 0 Å². The van der Waals surface area contributed by atoms with E-state index in [-0.39, 0.29) is 36.3 Å². The van der Waals surface area contributed by atoms with Crippen LogP contribution in [0.4, 0.5) is 0 Å². The predicted octanol–water partition coefficient (Wildman–Crippen LogP) is 1.84. The first-order valence-electron chi connectivity index (χ1n) is 9.28. The van der Waals surface area contributed by atoms with E-state index in [4.69, 9.17) is 11.6 Å². The van der Waals surface area contributed by atoms with E-state index in [0.29, 0.717) is 18.1 Å². The van der Waals surface area contributed by atoms with Gasteiger partial charge in [0.2, 0.25) is 11.8 Å². The number of hydrogen-bond donors (Lipinski definition) is 2. The fourth-order valence-electron chi connectivity index (χ4n) is 3.86. The molecule has 2 N–H and O–H groups in total. The van der Waals surface area contributed by atoms with Crippen LogP contribution in [0.5, 0.6) is 0 Å². The molecule has 150 valence electrons. The molecule has 2 atom stereocenters. The van der Waals surface area contributed by atoms with Gasteiger partial charge in [0.1, 0.15) is 0 Å². The Morgan fingerprint density at radius 2 is 2.15 bits per heavy atom. The lowest BCUT2D eigenvalue weighted by molar-refractivity contribution is -0.135. The van der Waals surface area contributed by atoms with Crippen molar-refractivity contribution in [3.63, 3.8) is 0 Å². The lowest BCUT2D eigenvalue weighted by atomic mass is 10.0. The summed E-state index contributed by atoms with van der Waals surface area (Å²) in [4.78, 5) is 28.3. The SMILES string of the molecule is CC(=O)NC1CCCN(C(=O)CN2CCNCC2c2cccc(Cl)c2)C1.Cl. The number of piperazine rings is 1. The molecule has 2 aliphatic rings. The van der Waals surface area contributed by atoms with E-state index in [0.717, 1.165) is 44.6 Å². The molecule has 0 saturated carbocycles. The second-order valence-electron chi connectivity index (χ2n) is 7.12. The van der Waals surface area contributed by atoms with Crippen LogP contribution in [0.1, 0.15) is 31.4 Å². The molecule has 6 nitrogen and oxygen atoms in total. The summed E-state index contributed by atoms with van der Waals surface area (Å²) in [6.45, 7) is 5.80. The predicted molar refractivity (Wildman–Crippen MR) is 109 cm³/mol. The van der Waals surface area contributed by atoms with Gasteiger partial charge in [-0.15, -0.1) is 12.4 Å². The van der Waals surface area contributed by atoms with Crippen LogP contribution in [0, 0.1) is 0 Å². The first kappa shape index (κ1) is 22.0. The highest BCUT2D eigenvalue weighted by Gasteiger charge is 2.29. The van der Waals surface area contributed by atoms with E-state index in [2.05, 4.69) is 21.6 Å². The molecule has 0 radical (unpaired) electrons. The molecule has 2 heterocycles. The van der Waals surface area contributed by atoms with E-state index in [1.165, 1.54) is 6.92 Å². The van der Waals surface area contributed by atoms with Gasteiger partial charge in [-0.05, 0) is 30.5 Å². The molecule has 3 rings (SSSR count). The zero-order valence-corrected chi connectivity index (χ0v) is 17.2. The van der Waals surface area contributed by atoms with Crippen molar-refractivity contribution < 1.29 is 9.59 Å². The maximum atomic E-state index is 12.9. The number of nitrogens with one attached hydrogen (secondary N) is 2. The Kier molecular flexibility index (Phi) is 8.35. The lowest BCUT2D eigenvalue weighted by Crippen LogP contribution is -2.54. The van der Waals surface area contributed by atoms with Crippen LogP contribution in [-0.2, 0) is 9.59 Å². The highest BCUT2D eigenvalue weighted by atomic mass is 35.5. The van der Waals surface area contributed by atoms with E-state index < -0.39 is 0 Å². The zero-order valence-electron chi connectivity index (χ0n) is 15.6. The van der Waals surface area contributed by atoms with Crippen LogP contribution in [0.3, 0.4) is 0 Å². The third kappa shape index (κ3) is 6.07. The number of rotatable bonds is 4. The van der Waals surface area contributed by atoms with Crippen LogP contribution in [-0.4, -0.2) is 66.9 Å². The third-order valence-electron chi connectivity index (χ3n) is 5.11. The average Bonchev–Trinajstić information content (AvgIpc) is 2.62. The van der Waals surface area contributed by atoms with Crippen molar-refractivity contribution in [2.45, 2.75) is 31.8 Å². The smallest absolute Gasteiger partial charge is 0.236 e. The van der Waals surface area contributed by atoms with Crippen molar-refractivity contribution in [2.75, 3.05) is 39.3 Å². The minimum Gasteiger partial charge on any atom is -0.352 e. The number of likely N-dealkylation sites (tertiary alicyclic amines) is 1. The number of carbonyl (C=O) groups excluding carboxylic acids is 2. The van der Waals surface area contributed by atoms with Gasteiger partial charge in [-0.2, -0.15) is 0 Å². The highest BCUT2D eigenvalue weighted by molar-refractivity contribution is 6.30. The van der Waals surface area contributed by atoms with Crippen LogP contribution < -0.4 is 10.6 Å². The van der Waals surface area contributed by atoms with Crippen LogP contribution in [0.25, 0.3) is 0 Å². The van der Waals surface area contributed by atoms with E-state index in [1.807, 2.05) is 23.1 Å². The topological polar surface area (TPSA) is 64.7 Å². The van der Waals surface area contributed by atoms with E-state index in [1.54, 1.807) is 0 Å². The largest absolute Gasteiger partial charge is 0.352 e. The first-order chi connectivity index (χ1) is 12.5. The molecular formula is C19H28Cl2N4O2. The highest BCUT2D eigenvalue weighted by Crippen LogP contribution is 2.25. The normalized spacial score (nSPS) is 23.4. The number of carbonyl (C=O) groups is 2. The van der Waals surface area contributed by atoms with Gasteiger partial charge in [0.05, 0.1) is 6.54 Å². The number of hydrogen-bond acceptors (Lipinski definition) is 4. The third-order valence-corrected chi connectivity index (χ3v) is 5.34. The Hall–Kier alpha value is -1.34. The van der Waals surface area contributed by atoms with Gasteiger partial charge in [0.15, 0.2) is 0 Å². The van der Waals surface area contributed by atoms with Crippen molar-refractivity contribution in [1.29, 1.82) is 0 Å². The molecule has 1 aromatic rings. The zero-order chi connectivity index (χ0) is 18.5. The average molecular weight is 415 g/mol. The summed E-state index contributed by atoms with van der Waals surface area (Å²) >= 11 is 6.15. The number of amides is 2. The van der Waals surface area contributed by atoms with Crippen molar-refractivity contribution in [3.05, 3.63) is 34.9 Å². The molecule has 2 aliphatic heterocycles. The van der Waals surface area contributed by atoms with Gasteiger partial charge in [-0.25, -0.2) is 0 Å². The summed E-state index contributed by atoms with van der Waals surface area (Å²) in [5.41, 5.74) is 1.13. The van der Waals surface area contributed by atoms with Crippen LogP contribution >= 0.6 is 24.0 Å². The van der Waals surface area contributed by atoms with E-state index >= 15 is 0 Å². The summed E-state index contributed by atoms with van der Waals surface area (Å²) in [6, 6.07) is 8.07. The minimum atomic E-state index is -0.0348. The van der Waals surface area contributed by atoms with Gasteiger partial charge in [0, 0.05) is 56.8 Å². The molecule has 0 aliphatic carbocycles. The molecule has 0 spiro atoms. The molecular weight excluding hydrogens is 387 g/mol. The maximum Gasteiger partial charge on any atom is 0.236 e. The number of halogens is 2. The molecule has 0 aromatic heterocycles. The second-order valence-corrected chi connectivity index (χ2v) is 7.56. The number of nitrogens with zero attached hydrogens (tertiary/aromatic N) is 2. The summed E-state index contributed by atoms with van der Waals surface area (Å²) in [5.74, 6) is 0.0985. The molecule has 1 aromatic carbocycles. The van der Waals surface area contributed by atoms with Crippen LogP contribution in [0.15, 0.2) is 24.3 Å². The lowest BCUT2D eigenvalue weighted by Gasteiger charge is -2.39. The summed E-state index contributed by atoms with van der Waals surface area (Å²) in [6.07, 6.45) is 1.86. The van der Waals surface area contributed by atoms with Crippen molar-refractivity contribution in [2.24, 2.45) is 0 Å². The van der Waals surface area contributed by atoms with E-state index in [9.17, 15) is 9.59 Å². The van der Waals surface area contributed by atoms with Crippen molar-refractivity contribution in [3.8, 4) is 0 Å². The Morgan fingerprint density at radius 1 is 1.33 bits per heavy atom. The summed E-state index contributed by atoms with van der Waals surface area (Å²) < 4.78 is 0. The first-order valence-corrected chi connectivity index (χ1v) is 9.66. The molecule has 0 bridgehead atoms. The summed E-state index contributed by atoms with van der Waals surface area (Å²) in [5, 5.41) is 7.06. The minimum absolute atomic E-state index is 0. The standard InChI is InChI=1S/C19H27ClN4O2.ClH/c1-14(25)22-17-6-3-8-24(12-17)19(26)13-23-9-7-21-11-18(23)15-4-2-5-16(20)10-15;/h2,4-5,10,17-18,21H,3,6-9,11-13H2,1H3,(H,22,25);1H. The quantitative estimate of drug-likeness (QED) is 0.788. The fourth-order valence-corrected chi connectivity index (χ4v) is 4.06. The van der Waals surface area contributed by atoms with Gasteiger partial charge >= 0.3 is 0 Å². The van der Waals surface area contributed by atoms with Gasteiger partial charge < -0.3 is 15.5 Å². The molecule has 2 fully saturated rings. The van der Waals surface area contributed by atoms with Crippen molar-refractivity contribution >= 4 is 35.8 Å². The fraction of sp³-hybridized carbons (Fsp3) is 0.579. The Balaban J connectivity index is 0.00000261.